The number of aromatic nitrogens is 2. The molecule has 0 saturated heterocycles. The van der Waals surface area contributed by atoms with Gasteiger partial charge in [-0.1, -0.05) is 25.3 Å². The smallest absolute Gasteiger partial charge is 0.191 e. The van der Waals surface area contributed by atoms with Crippen molar-refractivity contribution in [1.29, 1.82) is 0 Å². The molecule has 1 aliphatic rings. The van der Waals surface area contributed by atoms with Gasteiger partial charge < -0.3 is 20.1 Å². The molecule has 0 bridgehead atoms. The second-order valence-electron chi connectivity index (χ2n) is 8.46. The molecule has 1 heterocycles. The van der Waals surface area contributed by atoms with E-state index in [0.29, 0.717) is 6.54 Å². The maximum absolute atomic E-state index is 5.58. The van der Waals surface area contributed by atoms with E-state index < -0.39 is 0 Å². The highest BCUT2D eigenvalue weighted by molar-refractivity contribution is 14.0. The summed E-state index contributed by atoms with van der Waals surface area (Å²) in [6.07, 6.45) is 6.05. The summed E-state index contributed by atoms with van der Waals surface area (Å²) in [5, 5.41) is 11.6. The lowest BCUT2D eigenvalue weighted by Crippen LogP contribution is -2.46. The molecule has 0 unspecified atom stereocenters. The van der Waals surface area contributed by atoms with E-state index in [4.69, 9.17) is 9.47 Å². The van der Waals surface area contributed by atoms with Crippen LogP contribution < -0.4 is 20.1 Å². The van der Waals surface area contributed by atoms with Gasteiger partial charge in [-0.05, 0) is 44.4 Å². The van der Waals surface area contributed by atoms with Crippen LogP contribution in [0.25, 0.3) is 0 Å². The molecular weight excluding hydrogens is 517 g/mol. The molecule has 1 aromatic heterocycles. The Morgan fingerprint density at radius 3 is 2.34 bits per heavy atom. The van der Waals surface area contributed by atoms with Crippen molar-refractivity contribution >= 4 is 29.9 Å². The fourth-order valence-corrected chi connectivity index (χ4v) is 4.68. The van der Waals surface area contributed by atoms with Gasteiger partial charge in [0, 0.05) is 43.9 Å². The zero-order valence-electron chi connectivity index (χ0n) is 20.2. The summed E-state index contributed by atoms with van der Waals surface area (Å²) in [6, 6.07) is 6.35. The molecule has 2 aromatic rings. The van der Waals surface area contributed by atoms with E-state index in [1.807, 2.05) is 31.8 Å². The van der Waals surface area contributed by atoms with Crippen LogP contribution in [0.2, 0.25) is 0 Å². The van der Waals surface area contributed by atoms with Gasteiger partial charge in [0.05, 0.1) is 19.9 Å². The minimum Gasteiger partial charge on any atom is -0.493 e. The van der Waals surface area contributed by atoms with Gasteiger partial charge in [-0.2, -0.15) is 5.10 Å². The summed E-state index contributed by atoms with van der Waals surface area (Å²) in [7, 11) is 7.18. The third kappa shape index (κ3) is 5.68. The number of aryl methyl sites for hydroxylation is 2. The quantitative estimate of drug-likeness (QED) is 0.304. The van der Waals surface area contributed by atoms with Crippen molar-refractivity contribution in [2.45, 2.75) is 57.9 Å². The van der Waals surface area contributed by atoms with Gasteiger partial charge in [0.1, 0.15) is 0 Å². The van der Waals surface area contributed by atoms with Crippen LogP contribution in [-0.2, 0) is 19.0 Å². The monoisotopic (exact) mass is 555 g/mol. The Balaban J connectivity index is 0.00000363. The Kier molecular flexibility index (Phi) is 9.66. The lowest BCUT2D eigenvalue weighted by molar-refractivity contribution is 0.288. The maximum Gasteiger partial charge on any atom is 0.191 e. The van der Waals surface area contributed by atoms with Crippen LogP contribution in [0, 0.1) is 13.8 Å². The fourth-order valence-electron chi connectivity index (χ4n) is 4.68. The Bertz CT molecular complexity index is 919. The van der Waals surface area contributed by atoms with Crippen LogP contribution in [0.15, 0.2) is 23.2 Å². The Hall–Kier alpha value is -1.97. The van der Waals surface area contributed by atoms with Crippen molar-refractivity contribution in [2.75, 3.05) is 27.8 Å². The second kappa shape index (κ2) is 11.8. The zero-order valence-corrected chi connectivity index (χ0v) is 22.6. The van der Waals surface area contributed by atoms with Gasteiger partial charge >= 0.3 is 0 Å². The summed E-state index contributed by atoms with van der Waals surface area (Å²) < 4.78 is 13.0. The molecule has 0 radical (unpaired) electrons. The lowest BCUT2D eigenvalue weighted by Gasteiger charge is -2.38. The summed E-state index contributed by atoms with van der Waals surface area (Å²) in [5.41, 5.74) is 4.80. The van der Waals surface area contributed by atoms with Gasteiger partial charge in [-0.25, -0.2) is 0 Å². The van der Waals surface area contributed by atoms with E-state index in [-0.39, 0.29) is 29.4 Å². The van der Waals surface area contributed by atoms with Crippen LogP contribution in [0.5, 0.6) is 11.5 Å². The molecule has 2 N–H and O–H groups in total. The SMILES string of the molecule is CN=C(NCc1c(C)nn(C)c1C)NCC1(c2ccc(OC)c(OC)c2)CCCCC1.I. The van der Waals surface area contributed by atoms with Crippen LogP contribution in [0.1, 0.15) is 54.6 Å². The Morgan fingerprint density at radius 2 is 1.78 bits per heavy atom. The summed E-state index contributed by atoms with van der Waals surface area (Å²) in [6.45, 7) is 5.68. The predicted molar refractivity (Wildman–Crippen MR) is 141 cm³/mol. The summed E-state index contributed by atoms with van der Waals surface area (Å²) >= 11 is 0. The van der Waals surface area contributed by atoms with Gasteiger partial charge in [-0.15, -0.1) is 24.0 Å². The molecule has 0 aliphatic heterocycles. The average molecular weight is 556 g/mol. The van der Waals surface area contributed by atoms with Crippen LogP contribution in [0.3, 0.4) is 0 Å². The molecule has 1 aliphatic carbocycles. The molecule has 0 amide bonds. The highest BCUT2D eigenvalue weighted by Gasteiger charge is 2.34. The largest absolute Gasteiger partial charge is 0.493 e. The maximum atomic E-state index is 5.58. The number of nitrogens with zero attached hydrogens (tertiary/aromatic N) is 3. The van der Waals surface area contributed by atoms with E-state index in [2.05, 4.69) is 39.8 Å². The second-order valence-corrected chi connectivity index (χ2v) is 8.46. The topological polar surface area (TPSA) is 72.7 Å². The first-order chi connectivity index (χ1) is 14.9. The standard InChI is InChI=1S/C24H37N5O2.HI/c1-17-20(18(2)29(4)28-17)15-26-23(25-3)27-16-24(12-8-7-9-13-24)19-10-11-21(30-5)22(14-19)31-6;/h10-11,14H,7-9,12-13,15-16H2,1-6H3,(H2,25,26,27);1H. The highest BCUT2D eigenvalue weighted by Crippen LogP contribution is 2.42. The van der Waals surface area contributed by atoms with Crippen molar-refractivity contribution in [3.63, 3.8) is 0 Å². The molecule has 178 valence electrons. The molecule has 8 heteroatoms. The van der Waals surface area contributed by atoms with Gasteiger partial charge in [0.15, 0.2) is 17.5 Å². The van der Waals surface area contributed by atoms with E-state index in [9.17, 15) is 0 Å². The van der Waals surface area contributed by atoms with Crippen molar-refractivity contribution < 1.29 is 9.47 Å². The number of hydrogen-bond acceptors (Lipinski definition) is 4. The summed E-state index contributed by atoms with van der Waals surface area (Å²) in [4.78, 5) is 4.46. The molecular formula is C24H38IN5O2. The van der Waals surface area contributed by atoms with Gasteiger partial charge in [0.2, 0.25) is 0 Å². The number of aliphatic imine (C=N–C) groups is 1. The van der Waals surface area contributed by atoms with Crippen molar-refractivity contribution in [1.82, 2.24) is 20.4 Å². The molecule has 1 aromatic carbocycles. The van der Waals surface area contributed by atoms with Crippen LogP contribution >= 0.6 is 24.0 Å². The number of rotatable bonds is 7. The number of benzene rings is 1. The van der Waals surface area contributed by atoms with Crippen molar-refractivity contribution in [2.24, 2.45) is 12.0 Å². The first-order valence-corrected chi connectivity index (χ1v) is 11.1. The van der Waals surface area contributed by atoms with Crippen LogP contribution in [-0.4, -0.2) is 43.6 Å². The number of methoxy groups -OCH3 is 2. The number of nitrogens with one attached hydrogen (secondary N) is 2. The lowest BCUT2D eigenvalue weighted by atomic mass is 9.69. The predicted octanol–water partition coefficient (Wildman–Crippen LogP) is 4.24. The summed E-state index contributed by atoms with van der Waals surface area (Å²) in [5.74, 6) is 2.37. The third-order valence-corrected chi connectivity index (χ3v) is 6.72. The molecule has 7 nitrogen and oxygen atoms in total. The minimum atomic E-state index is 0. The molecule has 3 rings (SSSR count). The highest BCUT2D eigenvalue weighted by atomic mass is 127. The average Bonchev–Trinajstić information content (AvgIpc) is 3.04. The fraction of sp³-hybridized carbons (Fsp3) is 0.583. The Morgan fingerprint density at radius 1 is 1.09 bits per heavy atom. The van der Waals surface area contributed by atoms with E-state index in [0.717, 1.165) is 42.5 Å². The number of halogens is 1. The minimum absolute atomic E-state index is 0. The molecule has 0 spiro atoms. The van der Waals surface area contributed by atoms with Crippen LogP contribution in [0.4, 0.5) is 0 Å². The molecule has 0 atom stereocenters. The number of hydrogen-bond donors (Lipinski definition) is 2. The van der Waals surface area contributed by atoms with E-state index in [1.165, 1.54) is 36.1 Å². The van der Waals surface area contributed by atoms with Crippen molar-refractivity contribution in [3.05, 3.63) is 40.7 Å². The number of guanidine groups is 1. The zero-order chi connectivity index (χ0) is 22.4. The molecule has 1 saturated carbocycles. The van der Waals surface area contributed by atoms with Crippen molar-refractivity contribution in [3.8, 4) is 11.5 Å². The van der Waals surface area contributed by atoms with E-state index in [1.54, 1.807) is 14.2 Å². The number of ether oxygens (including phenoxy) is 2. The van der Waals surface area contributed by atoms with E-state index >= 15 is 0 Å². The molecule has 32 heavy (non-hydrogen) atoms. The van der Waals surface area contributed by atoms with Gasteiger partial charge in [0.25, 0.3) is 0 Å². The first-order valence-electron chi connectivity index (χ1n) is 11.1. The Labute approximate surface area is 209 Å². The third-order valence-electron chi connectivity index (χ3n) is 6.72. The first kappa shape index (κ1) is 26.3. The molecule has 1 fully saturated rings. The normalized spacial score (nSPS) is 15.6. The van der Waals surface area contributed by atoms with Gasteiger partial charge in [-0.3, -0.25) is 9.67 Å².